The van der Waals surface area contributed by atoms with Crippen molar-refractivity contribution < 1.29 is 4.84 Å². The molecule has 1 radical (unpaired) electrons. The maximum absolute atomic E-state index is 5.33. The average molecular weight is 193 g/mol. The fourth-order valence-corrected chi connectivity index (χ4v) is 0.894. The molecule has 3 heteroatoms. The van der Waals surface area contributed by atoms with Crippen LogP contribution in [0.15, 0.2) is 24.3 Å². The van der Waals surface area contributed by atoms with Gasteiger partial charge < -0.3 is 5.32 Å². The van der Waals surface area contributed by atoms with Crippen LogP contribution in [-0.4, -0.2) is 12.3 Å². The van der Waals surface area contributed by atoms with Crippen LogP contribution in [0.1, 0.15) is 20.8 Å². The van der Waals surface area contributed by atoms with Crippen LogP contribution in [0.4, 0.5) is 5.69 Å². The summed E-state index contributed by atoms with van der Waals surface area (Å²) < 4.78 is 0. The second kappa shape index (κ2) is 4.98. The van der Waals surface area contributed by atoms with Crippen molar-refractivity contribution in [2.75, 3.05) is 12.0 Å². The van der Waals surface area contributed by atoms with Crippen molar-refractivity contribution in [1.29, 1.82) is 0 Å². The summed E-state index contributed by atoms with van der Waals surface area (Å²) >= 11 is 0. The first-order valence-electron chi connectivity index (χ1n) is 4.69. The summed E-state index contributed by atoms with van der Waals surface area (Å²) in [5.74, 6) is 0. The maximum atomic E-state index is 5.33. The monoisotopic (exact) mass is 193 g/mol. The molecular formula is C11H17N2O. The Labute approximate surface area is 85.4 Å². The van der Waals surface area contributed by atoms with E-state index in [2.05, 4.69) is 16.9 Å². The van der Waals surface area contributed by atoms with E-state index in [-0.39, 0.29) is 5.60 Å². The molecule has 0 atom stereocenters. The molecule has 2 N–H and O–H groups in total. The molecular weight excluding hydrogens is 176 g/mol. The molecule has 14 heavy (non-hydrogen) atoms. The first-order chi connectivity index (χ1) is 6.58. The molecule has 0 amide bonds. The zero-order valence-corrected chi connectivity index (χ0v) is 8.92. The van der Waals surface area contributed by atoms with Gasteiger partial charge in [0.1, 0.15) is 0 Å². The Morgan fingerprint density at radius 1 is 1.43 bits per heavy atom. The van der Waals surface area contributed by atoms with Gasteiger partial charge in [0, 0.05) is 5.69 Å². The predicted octanol–water partition coefficient (Wildman–Crippen LogP) is 2.18. The Morgan fingerprint density at radius 3 is 2.79 bits per heavy atom. The number of hydroxylamine groups is 1. The van der Waals surface area contributed by atoms with Crippen LogP contribution in [0.25, 0.3) is 0 Å². The SMILES string of the molecule is CC(C)(C)ONCNc1c[c]ccc1. The third-order valence-electron chi connectivity index (χ3n) is 1.45. The van der Waals surface area contributed by atoms with E-state index in [1.165, 1.54) is 0 Å². The highest BCUT2D eigenvalue weighted by atomic mass is 16.7. The zero-order valence-electron chi connectivity index (χ0n) is 8.92. The molecule has 0 aliphatic heterocycles. The molecule has 0 spiro atoms. The smallest absolute Gasteiger partial charge is 0.0889 e. The van der Waals surface area contributed by atoms with Gasteiger partial charge in [-0.1, -0.05) is 12.1 Å². The van der Waals surface area contributed by atoms with Crippen molar-refractivity contribution in [3.63, 3.8) is 0 Å². The molecule has 1 aromatic carbocycles. The first kappa shape index (κ1) is 11.0. The van der Waals surface area contributed by atoms with Crippen molar-refractivity contribution in [1.82, 2.24) is 5.48 Å². The lowest BCUT2D eigenvalue weighted by Crippen LogP contribution is -2.32. The van der Waals surface area contributed by atoms with E-state index in [1.54, 1.807) is 0 Å². The number of anilines is 1. The molecule has 1 aromatic rings. The molecule has 0 unspecified atom stereocenters. The Balaban J connectivity index is 2.17. The summed E-state index contributed by atoms with van der Waals surface area (Å²) in [6.07, 6.45) is 0. The molecule has 0 aliphatic rings. The standard InChI is InChI=1S/C11H17N2O/c1-11(2,3)14-13-9-12-10-7-5-4-6-8-10/h4-5,7-8,12-13H,9H2,1-3H3. The molecule has 3 nitrogen and oxygen atoms in total. The summed E-state index contributed by atoms with van der Waals surface area (Å²) in [5, 5.41) is 3.15. The number of rotatable bonds is 4. The van der Waals surface area contributed by atoms with Crippen LogP contribution in [-0.2, 0) is 4.84 Å². The Kier molecular flexibility index (Phi) is 3.92. The van der Waals surface area contributed by atoms with Gasteiger partial charge >= 0.3 is 0 Å². The van der Waals surface area contributed by atoms with Crippen molar-refractivity contribution in [3.05, 3.63) is 30.3 Å². The van der Waals surface area contributed by atoms with Gasteiger partial charge in [-0.2, -0.15) is 5.48 Å². The van der Waals surface area contributed by atoms with E-state index in [9.17, 15) is 0 Å². The predicted molar refractivity (Wildman–Crippen MR) is 57.7 cm³/mol. The molecule has 0 bridgehead atoms. The van der Waals surface area contributed by atoms with E-state index in [4.69, 9.17) is 4.84 Å². The van der Waals surface area contributed by atoms with Gasteiger partial charge in [-0.15, -0.1) is 0 Å². The molecule has 0 aliphatic carbocycles. The normalized spacial score (nSPS) is 11.4. The average Bonchev–Trinajstić information content (AvgIpc) is 2.13. The van der Waals surface area contributed by atoms with Crippen LogP contribution in [0.5, 0.6) is 0 Å². The topological polar surface area (TPSA) is 33.3 Å². The van der Waals surface area contributed by atoms with E-state index >= 15 is 0 Å². The van der Waals surface area contributed by atoms with Crippen LogP contribution < -0.4 is 10.8 Å². The molecule has 0 aromatic heterocycles. The van der Waals surface area contributed by atoms with Crippen LogP contribution in [0.3, 0.4) is 0 Å². The number of hydrogen-bond acceptors (Lipinski definition) is 3. The second-order valence-corrected chi connectivity index (χ2v) is 4.00. The summed E-state index contributed by atoms with van der Waals surface area (Å²) in [5.41, 5.74) is 3.71. The first-order valence-corrected chi connectivity index (χ1v) is 4.69. The number of benzene rings is 1. The number of hydrogen-bond donors (Lipinski definition) is 2. The van der Waals surface area contributed by atoms with Gasteiger partial charge in [-0.25, -0.2) is 0 Å². The lowest BCUT2D eigenvalue weighted by Gasteiger charge is -2.19. The Bertz CT molecular complexity index is 254. The molecule has 0 saturated heterocycles. The minimum Gasteiger partial charge on any atom is -0.371 e. The summed E-state index contributed by atoms with van der Waals surface area (Å²) in [6.45, 7) is 6.57. The highest BCUT2D eigenvalue weighted by Gasteiger charge is 2.08. The van der Waals surface area contributed by atoms with Gasteiger partial charge in [0.05, 0.1) is 12.3 Å². The van der Waals surface area contributed by atoms with Crippen molar-refractivity contribution >= 4 is 5.69 Å². The lowest BCUT2D eigenvalue weighted by atomic mass is 10.2. The summed E-state index contributed by atoms with van der Waals surface area (Å²) in [6, 6.07) is 10.7. The highest BCUT2D eigenvalue weighted by molar-refractivity contribution is 5.41. The van der Waals surface area contributed by atoms with Gasteiger partial charge in [-0.05, 0) is 39.0 Å². The molecule has 0 heterocycles. The largest absolute Gasteiger partial charge is 0.371 e. The van der Waals surface area contributed by atoms with E-state index in [0.29, 0.717) is 6.67 Å². The molecule has 0 fully saturated rings. The van der Waals surface area contributed by atoms with E-state index in [0.717, 1.165) is 5.69 Å². The fourth-order valence-electron chi connectivity index (χ4n) is 0.894. The minimum atomic E-state index is -0.162. The van der Waals surface area contributed by atoms with Crippen molar-refractivity contribution in [3.8, 4) is 0 Å². The Hall–Kier alpha value is -1.06. The molecule has 77 valence electrons. The van der Waals surface area contributed by atoms with Crippen LogP contribution in [0.2, 0.25) is 0 Å². The van der Waals surface area contributed by atoms with Gasteiger partial charge in [-0.3, -0.25) is 4.84 Å². The quantitative estimate of drug-likeness (QED) is 0.437. The lowest BCUT2D eigenvalue weighted by molar-refractivity contribution is -0.0693. The summed E-state index contributed by atoms with van der Waals surface area (Å²) in [7, 11) is 0. The van der Waals surface area contributed by atoms with Gasteiger partial charge in [0.2, 0.25) is 0 Å². The van der Waals surface area contributed by atoms with E-state index < -0.39 is 0 Å². The second-order valence-electron chi connectivity index (χ2n) is 4.00. The third kappa shape index (κ3) is 4.84. The van der Waals surface area contributed by atoms with Crippen molar-refractivity contribution in [2.24, 2.45) is 0 Å². The van der Waals surface area contributed by atoms with Crippen LogP contribution >= 0.6 is 0 Å². The minimum absolute atomic E-state index is 0.162. The van der Waals surface area contributed by atoms with Crippen molar-refractivity contribution in [2.45, 2.75) is 26.4 Å². The molecule has 1 rings (SSSR count). The van der Waals surface area contributed by atoms with E-state index in [1.807, 2.05) is 45.0 Å². The Morgan fingerprint density at radius 2 is 2.21 bits per heavy atom. The zero-order chi connectivity index (χ0) is 10.4. The summed E-state index contributed by atoms with van der Waals surface area (Å²) in [4.78, 5) is 5.33. The van der Waals surface area contributed by atoms with Gasteiger partial charge in [0.15, 0.2) is 0 Å². The third-order valence-corrected chi connectivity index (χ3v) is 1.45. The fraction of sp³-hybridized carbons (Fsp3) is 0.455. The molecule has 0 saturated carbocycles. The van der Waals surface area contributed by atoms with Crippen LogP contribution in [0, 0.1) is 6.07 Å². The maximum Gasteiger partial charge on any atom is 0.0889 e. The highest BCUT2D eigenvalue weighted by Crippen LogP contribution is 2.05. The number of nitrogens with one attached hydrogen (secondary N) is 2. The van der Waals surface area contributed by atoms with Gasteiger partial charge in [0.25, 0.3) is 0 Å².